The first-order chi connectivity index (χ1) is 14.5. The van der Waals surface area contributed by atoms with Crippen LogP contribution < -0.4 is 4.72 Å². The van der Waals surface area contributed by atoms with Gasteiger partial charge in [-0.2, -0.15) is 5.10 Å². The van der Waals surface area contributed by atoms with Crippen molar-refractivity contribution in [1.82, 2.24) is 5.01 Å². The van der Waals surface area contributed by atoms with Crippen LogP contribution in [-0.4, -0.2) is 25.0 Å². The van der Waals surface area contributed by atoms with Gasteiger partial charge < -0.3 is 0 Å². The van der Waals surface area contributed by atoms with Gasteiger partial charge in [-0.3, -0.25) is 9.52 Å². The van der Waals surface area contributed by atoms with Crippen LogP contribution >= 0.6 is 11.3 Å². The lowest BCUT2D eigenvalue weighted by molar-refractivity contribution is -0.132. The lowest BCUT2D eigenvalue weighted by Gasteiger charge is -2.19. The summed E-state index contributed by atoms with van der Waals surface area (Å²) in [4.78, 5) is 13.7. The Balaban J connectivity index is 1.61. The molecule has 0 unspecified atom stereocenters. The maximum Gasteiger partial charge on any atom is 0.261 e. The molecule has 0 saturated carbocycles. The van der Waals surface area contributed by atoms with E-state index in [9.17, 15) is 13.2 Å². The summed E-state index contributed by atoms with van der Waals surface area (Å²) in [6, 6.07) is 19.2. The highest BCUT2D eigenvalue weighted by molar-refractivity contribution is 7.92. The number of sulfonamides is 1. The number of benzene rings is 2. The van der Waals surface area contributed by atoms with Crippen LogP contribution in [0.5, 0.6) is 0 Å². The van der Waals surface area contributed by atoms with E-state index in [1.54, 1.807) is 64.9 Å². The summed E-state index contributed by atoms with van der Waals surface area (Å²) >= 11 is 1.60. The van der Waals surface area contributed by atoms with Crippen molar-refractivity contribution in [3.8, 4) is 0 Å². The number of anilines is 1. The Kier molecular flexibility index (Phi) is 5.69. The van der Waals surface area contributed by atoms with Crippen LogP contribution in [0.3, 0.4) is 0 Å². The van der Waals surface area contributed by atoms with Crippen molar-refractivity contribution < 1.29 is 13.2 Å². The quantitative estimate of drug-likeness (QED) is 0.608. The normalized spacial score (nSPS) is 16.4. The van der Waals surface area contributed by atoms with E-state index in [4.69, 9.17) is 0 Å². The van der Waals surface area contributed by atoms with Crippen molar-refractivity contribution in [3.05, 3.63) is 82.6 Å². The third-order valence-corrected chi connectivity index (χ3v) is 7.21. The first kappa shape index (κ1) is 20.3. The molecule has 3 aromatic rings. The third-order valence-electron chi connectivity index (χ3n) is 4.84. The van der Waals surface area contributed by atoms with Crippen molar-refractivity contribution in [2.75, 3.05) is 4.72 Å². The summed E-state index contributed by atoms with van der Waals surface area (Å²) in [5.74, 6) is -0.0377. The molecule has 0 saturated heterocycles. The summed E-state index contributed by atoms with van der Waals surface area (Å²) in [6.45, 7) is 1.82. The fraction of sp³-hybridized carbons (Fsp3) is 0.182. The number of carbonyl (C=O) groups excluding carboxylic acids is 1. The monoisotopic (exact) mass is 439 g/mol. The van der Waals surface area contributed by atoms with E-state index in [0.717, 1.165) is 16.2 Å². The number of hydrazone groups is 1. The molecule has 1 atom stereocenters. The number of hydrogen-bond acceptors (Lipinski definition) is 5. The standard InChI is InChI=1S/C22H21N3O3S2/c1-2-22(26)25-20(21-12-7-13-29-21)15-19(23-25)16-8-6-9-17(14-16)24-30(27,28)18-10-4-3-5-11-18/h3-14,20,24H,2,15H2,1H3/t20-/m0/s1. The molecule has 30 heavy (non-hydrogen) atoms. The molecule has 2 aromatic carbocycles. The summed E-state index contributed by atoms with van der Waals surface area (Å²) in [5, 5.41) is 8.14. The predicted molar refractivity (Wildman–Crippen MR) is 119 cm³/mol. The number of hydrogen-bond donors (Lipinski definition) is 1. The van der Waals surface area contributed by atoms with Gasteiger partial charge in [0.15, 0.2) is 0 Å². The van der Waals surface area contributed by atoms with E-state index in [1.165, 1.54) is 0 Å². The smallest absolute Gasteiger partial charge is 0.261 e. The Morgan fingerprint density at radius 1 is 1.13 bits per heavy atom. The molecule has 2 heterocycles. The molecule has 0 fully saturated rings. The highest BCUT2D eigenvalue weighted by Crippen LogP contribution is 2.35. The van der Waals surface area contributed by atoms with E-state index in [1.807, 2.05) is 30.5 Å². The molecule has 6 nitrogen and oxygen atoms in total. The van der Waals surface area contributed by atoms with Gasteiger partial charge in [0, 0.05) is 23.4 Å². The van der Waals surface area contributed by atoms with Crippen LogP contribution in [0.4, 0.5) is 5.69 Å². The molecule has 154 valence electrons. The molecule has 1 aromatic heterocycles. The highest BCUT2D eigenvalue weighted by Gasteiger charge is 2.33. The first-order valence-corrected chi connectivity index (χ1v) is 12.0. The van der Waals surface area contributed by atoms with Gasteiger partial charge in [-0.25, -0.2) is 13.4 Å². The van der Waals surface area contributed by atoms with Crippen molar-refractivity contribution in [3.63, 3.8) is 0 Å². The number of nitrogens with one attached hydrogen (secondary N) is 1. The molecule has 1 aliphatic heterocycles. The average Bonchev–Trinajstić information content (AvgIpc) is 3.43. The summed E-state index contributed by atoms with van der Waals surface area (Å²) in [7, 11) is -3.68. The SMILES string of the molecule is CCC(=O)N1N=C(c2cccc(NS(=O)(=O)c3ccccc3)c2)C[C@H]1c1cccs1. The maximum atomic E-state index is 12.6. The van der Waals surface area contributed by atoms with Crippen LogP contribution in [0.15, 0.2) is 82.1 Å². The van der Waals surface area contributed by atoms with Gasteiger partial charge in [-0.05, 0) is 41.3 Å². The topological polar surface area (TPSA) is 78.8 Å². The summed E-state index contributed by atoms with van der Waals surface area (Å²) < 4.78 is 27.9. The second-order valence-electron chi connectivity index (χ2n) is 6.87. The lowest BCUT2D eigenvalue weighted by Crippen LogP contribution is -2.25. The predicted octanol–water partition coefficient (Wildman–Crippen LogP) is 4.64. The average molecular weight is 440 g/mol. The minimum absolute atomic E-state index is 0.0377. The van der Waals surface area contributed by atoms with Crippen LogP contribution in [-0.2, 0) is 14.8 Å². The van der Waals surface area contributed by atoms with Gasteiger partial charge in [0.2, 0.25) is 5.91 Å². The molecule has 0 spiro atoms. The van der Waals surface area contributed by atoms with Crippen LogP contribution in [0.1, 0.15) is 36.2 Å². The Hall–Kier alpha value is -2.97. The highest BCUT2D eigenvalue weighted by atomic mass is 32.2. The molecule has 8 heteroatoms. The first-order valence-electron chi connectivity index (χ1n) is 9.59. The largest absolute Gasteiger partial charge is 0.280 e. The van der Waals surface area contributed by atoms with E-state index >= 15 is 0 Å². The van der Waals surface area contributed by atoms with Crippen molar-refractivity contribution in [1.29, 1.82) is 0 Å². The van der Waals surface area contributed by atoms with Gasteiger partial charge in [0.05, 0.1) is 16.6 Å². The van der Waals surface area contributed by atoms with E-state index in [-0.39, 0.29) is 16.8 Å². The minimum atomic E-state index is -3.68. The molecule has 4 rings (SSSR count). The van der Waals surface area contributed by atoms with Crippen LogP contribution in [0, 0.1) is 0 Å². The zero-order chi connectivity index (χ0) is 21.1. The van der Waals surface area contributed by atoms with Crippen molar-refractivity contribution in [2.45, 2.75) is 30.7 Å². The summed E-state index contributed by atoms with van der Waals surface area (Å²) in [5.41, 5.74) is 2.00. The number of thiophene rings is 1. The fourth-order valence-electron chi connectivity index (χ4n) is 3.36. The Bertz CT molecular complexity index is 1170. The molecular formula is C22H21N3O3S2. The third kappa shape index (κ3) is 4.15. The fourth-order valence-corrected chi connectivity index (χ4v) is 5.24. The molecular weight excluding hydrogens is 418 g/mol. The molecule has 0 aliphatic carbocycles. The van der Waals surface area contributed by atoms with Crippen molar-refractivity contribution in [2.24, 2.45) is 5.10 Å². The zero-order valence-corrected chi connectivity index (χ0v) is 18.0. The minimum Gasteiger partial charge on any atom is -0.280 e. The molecule has 1 amide bonds. The lowest BCUT2D eigenvalue weighted by atomic mass is 10.0. The molecule has 1 aliphatic rings. The second-order valence-corrected chi connectivity index (χ2v) is 9.53. The Morgan fingerprint density at radius 2 is 1.93 bits per heavy atom. The molecule has 1 N–H and O–H groups in total. The molecule has 0 radical (unpaired) electrons. The van der Waals surface area contributed by atoms with E-state index < -0.39 is 10.0 Å². The van der Waals surface area contributed by atoms with Gasteiger partial charge in [0.25, 0.3) is 10.0 Å². The zero-order valence-electron chi connectivity index (χ0n) is 16.4. The van der Waals surface area contributed by atoms with Gasteiger partial charge in [-0.1, -0.05) is 43.3 Å². The maximum absolute atomic E-state index is 12.6. The number of carbonyl (C=O) groups is 1. The second kappa shape index (κ2) is 8.41. The number of amides is 1. The van der Waals surface area contributed by atoms with E-state index in [0.29, 0.717) is 18.5 Å². The van der Waals surface area contributed by atoms with Crippen LogP contribution in [0.25, 0.3) is 0 Å². The Labute approximate surface area is 179 Å². The van der Waals surface area contributed by atoms with Crippen LogP contribution in [0.2, 0.25) is 0 Å². The van der Waals surface area contributed by atoms with Gasteiger partial charge in [-0.15, -0.1) is 11.3 Å². The van der Waals surface area contributed by atoms with Gasteiger partial charge in [0.1, 0.15) is 0 Å². The number of nitrogens with zero attached hydrogens (tertiary/aromatic N) is 2. The van der Waals surface area contributed by atoms with Crippen molar-refractivity contribution >= 4 is 38.7 Å². The summed E-state index contributed by atoms with van der Waals surface area (Å²) in [6.07, 6.45) is 0.955. The Morgan fingerprint density at radius 3 is 2.63 bits per heavy atom. The van der Waals surface area contributed by atoms with E-state index in [2.05, 4.69) is 9.82 Å². The number of rotatable bonds is 6. The van der Waals surface area contributed by atoms with Gasteiger partial charge >= 0.3 is 0 Å². The molecule has 0 bridgehead atoms.